The Morgan fingerprint density at radius 3 is 2.47 bits per heavy atom. The Bertz CT molecular complexity index is 346. The molecule has 1 aromatic rings. The molecule has 2 rings (SSSR count). The molecule has 1 N–H and O–H groups in total. The molecule has 1 aliphatic rings. The van der Waals surface area contributed by atoms with E-state index in [1.807, 2.05) is 12.1 Å². The second-order valence-electron chi connectivity index (χ2n) is 5.18. The summed E-state index contributed by atoms with van der Waals surface area (Å²) in [6.07, 6.45) is 4.06. The highest BCUT2D eigenvalue weighted by Crippen LogP contribution is 2.27. The van der Waals surface area contributed by atoms with Gasteiger partial charge in [0, 0.05) is 12.1 Å². The van der Waals surface area contributed by atoms with Crippen molar-refractivity contribution in [3.8, 4) is 5.75 Å². The zero-order valence-corrected chi connectivity index (χ0v) is 11.1. The Morgan fingerprint density at radius 1 is 1.24 bits per heavy atom. The van der Waals surface area contributed by atoms with Crippen molar-refractivity contribution in [1.29, 1.82) is 0 Å². The van der Waals surface area contributed by atoms with Gasteiger partial charge in [0.05, 0.1) is 7.11 Å². The Hall–Kier alpha value is -1.02. The summed E-state index contributed by atoms with van der Waals surface area (Å²) in [5, 5.41) is 3.74. The molecular formula is C15H23NO. The van der Waals surface area contributed by atoms with Gasteiger partial charge in [0.2, 0.25) is 0 Å². The van der Waals surface area contributed by atoms with Crippen LogP contribution in [0, 0.1) is 5.92 Å². The number of benzene rings is 1. The molecule has 2 unspecified atom stereocenters. The van der Waals surface area contributed by atoms with Gasteiger partial charge < -0.3 is 10.1 Å². The maximum Gasteiger partial charge on any atom is 0.118 e. The lowest BCUT2D eigenvalue weighted by atomic mass is 10.0. The molecule has 0 heterocycles. The molecule has 0 aromatic heterocycles. The SMILES string of the molecule is COc1ccc([C@@H](C)NC2CCCC2C)cc1. The van der Waals surface area contributed by atoms with Gasteiger partial charge in [-0.1, -0.05) is 25.5 Å². The molecule has 1 fully saturated rings. The first-order valence-electron chi connectivity index (χ1n) is 6.60. The van der Waals surface area contributed by atoms with Crippen LogP contribution in [-0.4, -0.2) is 13.2 Å². The average molecular weight is 233 g/mol. The van der Waals surface area contributed by atoms with Crippen LogP contribution in [0.15, 0.2) is 24.3 Å². The molecule has 0 bridgehead atoms. The molecule has 17 heavy (non-hydrogen) atoms. The van der Waals surface area contributed by atoms with Gasteiger partial charge in [0.25, 0.3) is 0 Å². The zero-order chi connectivity index (χ0) is 12.3. The molecule has 0 aliphatic heterocycles. The van der Waals surface area contributed by atoms with Crippen molar-refractivity contribution in [2.75, 3.05) is 7.11 Å². The van der Waals surface area contributed by atoms with Crippen LogP contribution in [0.25, 0.3) is 0 Å². The summed E-state index contributed by atoms with van der Waals surface area (Å²) in [5.41, 5.74) is 1.34. The van der Waals surface area contributed by atoms with Crippen LogP contribution in [-0.2, 0) is 0 Å². The highest BCUT2D eigenvalue weighted by atomic mass is 16.5. The normalized spacial score (nSPS) is 25.8. The molecule has 1 aliphatic carbocycles. The van der Waals surface area contributed by atoms with E-state index in [1.54, 1.807) is 7.11 Å². The van der Waals surface area contributed by atoms with E-state index in [9.17, 15) is 0 Å². The quantitative estimate of drug-likeness (QED) is 0.859. The van der Waals surface area contributed by atoms with Crippen molar-refractivity contribution in [3.05, 3.63) is 29.8 Å². The highest BCUT2D eigenvalue weighted by Gasteiger charge is 2.24. The minimum Gasteiger partial charge on any atom is -0.497 e. The highest BCUT2D eigenvalue weighted by molar-refractivity contribution is 5.28. The molecule has 0 amide bonds. The lowest BCUT2D eigenvalue weighted by Gasteiger charge is -2.23. The number of rotatable bonds is 4. The van der Waals surface area contributed by atoms with E-state index in [1.165, 1.54) is 24.8 Å². The van der Waals surface area contributed by atoms with Crippen molar-refractivity contribution in [2.45, 2.75) is 45.2 Å². The van der Waals surface area contributed by atoms with Gasteiger partial charge in [-0.05, 0) is 43.4 Å². The van der Waals surface area contributed by atoms with Crippen LogP contribution in [0.3, 0.4) is 0 Å². The van der Waals surface area contributed by atoms with E-state index in [0.717, 1.165) is 11.7 Å². The molecule has 94 valence electrons. The molecule has 0 saturated heterocycles. The van der Waals surface area contributed by atoms with E-state index in [4.69, 9.17) is 4.74 Å². The lowest BCUT2D eigenvalue weighted by molar-refractivity contribution is 0.387. The molecule has 1 aromatic carbocycles. The van der Waals surface area contributed by atoms with Crippen LogP contribution < -0.4 is 10.1 Å². The fraction of sp³-hybridized carbons (Fsp3) is 0.600. The average Bonchev–Trinajstić information content (AvgIpc) is 2.75. The van der Waals surface area contributed by atoms with Gasteiger partial charge in [0.1, 0.15) is 5.75 Å². The van der Waals surface area contributed by atoms with Gasteiger partial charge in [-0.3, -0.25) is 0 Å². The second-order valence-corrected chi connectivity index (χ2v) is 5.18. The predicted octanol–water partition coefficient (Wildman–Crippen LogP) is 3.53. The predicted molar refractivity (Wildman–Crippen MR) is 71.3 cm³/mol. The monoisotopic (exact) mass is 233 g/mol. The van der Waals surface area contributed by atoms with E-state index < -0.39 is 0 Å². The molecule has 2 heteroatoms. The number of ether oxygens (including phenoxy) is 1. The smallest absolute Gasteiger partial charge is 0.118 e. The summed E-state index contributed by atoms with van der Waals surface area (Å²) in [5.74, 6) is 1.74. The van der Waals surface area contributed by atoms with Crippen LogP contribution >= 0.6 is 0 Å². The molecule has 3 atom stereocenters. The van der Waals surface area contributed by atoms with Crippen molar-refractivity contribution in [3.63, 3.8) is 0 Å². The van der Waals surface area contributed by atoms with Crippen LogP contribution in [0.2, 0.25) is 0 Å². The zero-order valence-electron chi connectivity index (χ0n) is 11.1. The second kappa shape index (κ2) is 5.54. The van der Waals surface area contributed by atoms with Gasteiger partial charge in [-0.2, -0.15) is 0 Å². The lowest BCUT2D eigenvalue weighted by Crippen LogP contribution is -2.33. The van der Waals surface area contributed by atoms with Gasteiger partial charge in [0.15, 0.2) is 0 Å². The van der Waals surface area contributed by atoms with E-state index in [2.05, 4.69) is 31.3 Å². The first-order valence-corrected chi connectivity index (χ1v) is 6.60. The third-order valence-corrected chi connectivity index (χ3v) is 3.94. The van der Waals surface area contributed by atoms with Crippen molar-refractivity contribution < 1.29 is 4.74 Å². The van der Waals surface area contributed by atoms with E-state index >= 15 is 0 Å². The summed E-state index contributed by atoms with van der Waals surface area (Å²) < 4.78 is 5.18. The largest absolute Gasteiger partial charge is 0.497 e. The third-order valence-electron chi connectivity index (χ3n) is 3.94. The number of hydrogen-bond acceptors (Lipinski definition) is 2. The Morgan fingerprint density at radius 2 is 1.94 bits per heavy atom. The molecule has 0 radical (unpaired) electrons. The summed E-state index contributed by atoms with van der Waals surface area (Å²) in [6.45, 7) is 4.60. The minimum atomic E-state index is 0.423. The van der Waals surface area contributed by atoms with Crippen LogP contribution in [0.1, 0.15) is 44.7 Å². The van der Waals surface area contributed by atoms with Crippen LogP contribution in [0.5, 0.6) is 5.75 Å². The van der Waals surface area contributed by atoms with Gasteiger partial charge in [-0.15, -0.1) is 0 Å². The van der Waals surface area contributed by atoms with E-state index in [-0.39, 0.29) is 0 Å². The molecule has 1 saturated carbocycles. The first kappa shape index (κ1) is 12.4. The number of nitrogens with one attached hydrogen (secondary N) is 1. The van der Waals surface area contributed by atoms with Crippen molar-refractivity contribution in [1.82, 2.24) is 5.32 Å². The molecule has 0 spiro atoms. The molecule has 2 nitrogen and oxygen atoms in total. The Labute approximate surface area is 104 Å². The summed E-state index contributed by atoms with van der Waals surface area (Å²) >= 11 is 0. The summed E-state index contributed by atoms with van der Waals surface area (Å²) in [4.78, 5) is 0. The van der Waals surface area contributed by atoms with Crippen LogP contribution in [0.4, 0.5) is 0 Å². The maximum atomic E-state index is 5.18. The van der Waals surface area contributed by atoms with Crippen molar-refractivity contribution >= 4 is 0 Å². The number of hydrogen-bond donors (Lipinski definition) is 1. The van der Waals surface area contributed by atoms with Gasteiger partial charge >= 0.3 is 0 Å². The fourth-order valence-electron chi connectivity index (χ4n) is 2.70. The first-order chi connectivity index (χ1) is 8.20. The minimum absolute atomic E-state index is 0.423. The standard InChI is InChI=1S/C15H23NO/c1-11-5-4-6-15(11)16-12(2)13-7-9-14(17-3)10-8-13/h7-12,15-16H,4-6H2,1-3H3/t11?,12-,15?/m1/s1. The Kier molecular flexibility index (Phi) is 4.06. The number of methoxy groups -OCH3 is 1. The van der Waals surface area contributed by atoms with Gasteiger partial charge in [-0.25, -0.2) is 0 Å². The maximum absolute atomic E-state index is 5.18. The summed E-state index contributed by atoms with van der Waals surface area (Å²) in [6, 6.07) is 9.47. The van der Waals surface area contributed by atoms with Crippen molar-refractivity contribution in [2.24, 2.45) is 5.92 Å². The topological polar surface area (TPSA) is 21.3 Å². The summed E-state index contributed by atoms with van der Waals surface area (Å²) in [7, 11) is 1.71. The van der Waals surface area contributed by atoms with E-state index in [0.29, 0.717) is 12.1 Å². The Balaban J connectivity index is 1.96. The third kappa shape index (κ3) is 3.01. The fourth-order valence-corrected chi connectivity index (χ4v) is 2.70. The molecular weight excluding hydrogens is 210 g/mol.